The second kappa shape index (κ2) is 5.39. The minimum Gasteiger partial charge on any atom is -0.321 e. The lowest BCUT2D eigenvalue weighted by atomic mass is 9.96. The van der Waals surface area contributed by atoms with Gasteiger partial charge in [0, 0.05) is 17.8 Å². The number of aliphatic imine (C=N–C) groups is 1. The Balaban J connectivity index is 1.89. The average Bonchev–Trinajstić information content (AvgIpc) is 2.46. The molecule has 1 N–H and O–H groups in total. The quantitative estimate of drug-likeness (QED) is 0.821. The molecule has 0 amide bonds. The third-order valence-corrected chi connectivity index (χ3v) is 3.78. The predicted molar refractivity (Wildman–Crippen MR) is 79.0 cm³/mol. The number of rotatable bonds is 2. The van der Waals surface area contributed by atoms with Crippen molar-refractivity contribution in [3.8, 4) is 0 Å². The SMILES string of the molecule is O=c1[nH]c2ccccc2cc1C=NC1CCCCC1. The molecule has 3 heteroatoms. The minimum absolute atomic E-state index is 0.0572. The molecule has 0 atom stereocenters. The fraction of sp³-hybridized carbons (Fsp3) is 0.375. The van der Waals surface area contributed by atoms with Crippen LogP contribution in [0.5, 0.6) is 0 Å². The molecule has 1 aliphatic rings. The fourth-order valence-electron chi connectivity index (χ4n) is 2.68. The first-order valence-electron chi connectivity index (χ1n) is 6.98. The molecule has 1 fully saturated rings. The topological polar surface area (TPSA) is 45.2 Å². The van der Waals surface area contributed by atoms with Crippen molar-refractivity contribution < 1.29 is 0 Å². The highest BCUT2D eigenvalue weighted by molar-refractivity contribution is 5.87. The summed E-state index contributed by atoms with van der Waals surface area (Å²) in [6.45, 7) is 0. The molecule has 1 saturated carbocycles. The van der Waals surface area contributed by atoms with Gasteiger partial charge in [0.2, 0.25) is 0 Å². The first-order chi connectivity index (χ1) is 9.33. The van der Waals surface area contributed by atoms with E-state index in [9.17, 15) is 4.79 Å². The van der Waals surface area contributed by atoms with E-state index in [1.807, 2.05) is 30.3 Å². The molecule has 0 saturated heterocycles. The van der Waals surface area contributed by atoms with Crippen LogP contribution in [0, 0.1) is 0 Å². The summed E-state index contributed by atoms with van der Waals surface area (Å²) in [6, 6.07) is 10.1. The zero-order valence-corrected chi connectivity index (χ0v) is 10.9. The van der Waals surface area contributed by atoms with Gasteiger partial charge in [-0.25, -0.2) is 0 Å². The molecule has 19 heavy (non-hydrogen) atoms. The molecule has 0 radical (unpaired) electrons. The van der Waals surface area contributed by atoms with Gasteiger partial charge in [-0.1, -0.05) is 37.5 Å². The monoisotopic (exact) mass is 254 g/mol. The van der Waals surface area contributed by atoms with E-state index in [1.54, 1.807) is 6.21 Å². The number of para-hydroxylation sites is 1. The van der Waals surface area contributed by atoms with Crippen molar-refractivity contribution in [1.29, 1.82) is 0 Å². The van der Waals surface area contributed by atoms with Crippen molar-refractivity contribution in [2.45, 2.75) is 38.1 Å². The van der Waals surface area contributed by atoms with Crippen molar-refractivity contribution >= 4 is 17.1 Å². The summed E-state index contributed by atoms with van der Waals surface area (Å²) in [5.41, 5.74) is 1.48. The summed E-state index contributed by atoms with van der Waals surface area (Å²) in [4.78, 5) is 19.4. The van der Waals surface area contributed by atoms with Crippen LogP contribution in [0.15, 0.2) is 40.1 Å². The Morgan fingerprint density at radius 3 is 2.79 bits per heavy atom. The molecule has 0 bridgehead atoms. The van der Waals surface area contributed by atoms with Crippen LogP contribution in [0.4, 0.5) is 0 Å². The van der Waals surface area contributed by atoms with Crippen molar-refractivity contribution in [2.24, 2.45) is 4.99 Å². The normalized spacial score (nSPS) is 17.3. The number of aromatic nitrogens is 1. The molecule has 1 aliphatic carbocycles. The van der Waals surface area contributed by atoms with Gasteiger partial charge in [-0.2, -0.15) is 0 Å². The summed E-state index contributed by atoms with van der Waals surface area (Å²) in [6.07, 6.45) is 7.90. The van der Waals surface area contributed by atoms with Gasteiger partial charge >= 0.3 is 0 Å². The lowest BCUT2D eigenvalue weighted by Crippen LogP contribution is -2.14. The Bertz CT molecular complexity index is 651. The van der Waals surface area contributed by atoms with Crippen LogP contribution >= 0.6 is 0 Å². The predicted octanol–water partition coefficient (Wildman–Crippen LogP) is 3.28. The lowest BCUT2D eigenvalue weighted by Gasteiger charge is -2.16. The van der Waals surface area contributed by atoms with E-state index in [4.69, 9.17) is 0 Å². The molecule has 1 heterocycles. The van der Waals surface area contributed by atoms with Gasteiger partial charge in [-0.15, -0.1) is 0 Å². The van der Waals surface area contributed by atoms with Crippen LogP contribution in [-0.4, -0.2) is 17.2 Å². The zero-order chi connectivity index (χ0) is 13.1. The third-order valence-electron chi connectivity index (χ3n) is 3.78. The molecule has 2 aromatic rings. The van der Waals surface area contributed by atoms with Crippen LogP contribution in [0.1, 0.15) is 37.7 Å². The molecule has 0 unspecified atom stereocenters. The zero-order valence-electron chi connectivity index (χ0n) is 10.9. The Morgan fingerprint density at radius 2 is 1.95 bits per heavy atom. The standard InChI is InChI=1S/C16H18N2O/c19-16-13(11-17-14-7-2-1-3-8-14)10-12-6-4-5-9-15(12)18-16/h4-6,9-11,14H,1-3,7-8H2,(H,18,19). The number of hydrogen-bond donors (Lipinski definition) is 1. The van der Waals surface area contributed by atoms with E-state index >= 15 is 0 Å². The number of fused-ring (bicyclic) bond motifs is 1. The van der Waals surface area contributed by atoms with Crippen molar-refractivity contribution in [1.82, 2.24) is 4.98 Å². The largest absolute Gasteiger partial charge is 0.321 e. The molecular weight excluding hydrogens is 236 g/mol. The number of nitrogens with one attached hydrogen (secondary N) is 1. The van der Waals surface area contributed by atoms with Crippen LogP contribution in [0.2, 0.25) is 0 Å². The highest BCUT2D eigenvalue weighted by atomic mass is 16.1. The second-order valence-electron chi connectivity index (χ2n) is 5.21. The molecule has 3 rings (SSSR count). The Hall–Kier alpha value is -1.90. The van der Waals surface area contributed by atoms with Gasteiger partial charge in [0.1, 0.15) is 0 Å². The van der Waals surface area contributed by atoms with Gasteiger partial charge < -0.3 is 4.98 Å². The Labute approximate surface area is 112 Å². The molecule has 3 nitrogen and oxygen atoms in total. The summed E-state index contributed by atoms with van der Waals surface area (Å²) in [5, 5.41) is 1.05. The Morgan fingerprint density at radius 1 is 1.16 bits per heavy atom. The molecule has 1 aromatic carbocycles. The second-order valence-corrected chi connectivity index (χ2v) is 5.21. The lowest BCUT2D eigenvalue weighted by molar-refractivity contribution is 0.444. The highest BCUT2D eigenvalue weighted by Gasteiger charge is 2.11. The van der Waals surface area contributed by atoms with E-state index in [1.165, 1.54) is 19.3 Å². The van der Waals surface area contributed by atoms with Gasteiger partial charge in [0.05, 0.1) is 5.56 Å². The molecule has 98 valence electrons. The van der Waals surface area contributed by atoms with E-state index < -0.39 is 0 Å². The fourth-order valence-corrected chi connectivity index (χ4v) is 2.68. The third kappa shape index (κ3) is 2.75. The highest BCUT2D eigenvalue weighted by Crippen LogP contribution is 2.20. The summed E-state index contributed by atoms with van der Waals surface area (Å²) in [7, 11) is 0. The van der Waals surface area contributed by atoms with E-state index in [-0.39, 0.29) is 5.56 Å². The van der Waals surface area contributed by atoms with Crippen LogP contribution in [-0.2, 0) is 0 Å². The van der Waals surface area contributed by atoms with Crippen molar-refractivity contribution in [3.63, 3.8) is 0 Å². The minimum atomic E-state index is -0.0572. The molecule has 0 aliphatic heterocycles. The number of benzene rings is 1. The molecule has 0 spiro atoms. The number of pyridine rings is 1. The van der Waals surface area contributed by atoms with Crippen LogP contribution in [0.25, 0.3) is 10.9 Å². The average molecular weight is 254 g/mol. The number of H-pyrrole nitrogens is 1. The van der Waals surface area contributed by atoms with Crippen molar-refractivity contribution in [3.05, 3.63) is 46.2 Å². The van der Waals surface area contributed by atoms with Crippen LogP contribution < -0.4 is 5.56 Å². The first-order valence-corrected chi connectivity index (χ1v) is 6.98. The maximum absolute atomic E-state index is 12.0. The summed E-state index contributed by atoms with van der Waals surface area (Å²) < 4.78 is 0. The summed E-state index contributed by atoms with van der Waals surface area (Å²) in [5.74, 6) is 0. The van der Waals surface area contributed by atoms with E-state index in [2.05, 4.69) is 9.98 Å². The van der Waals surface area contributed by atoms with Gasteiger partial charge in [-0.05, 0) is 30.4 Å². The molecule has 1 aromatic heterocycles. The van der Waals surface area contributed by atoms with Crippen molar-refractivity contribution in [2.75, 3.05) is 0 Å². The van der Waals surface area contributed by atoms with Crippen LogP contribution in [0.3, 0.4) is 0 Å². The van der Waals surface area contributed by atoms with E-state index in [0.717, 1.165) is 23.7 Å². The number of hydrogen-bond acceptors (Lipinski definition) is 2. The smallest absolute Gasteiger partial charge is 0.257 e. The van der Waals surface area contributed by atoms with Gasteiger partial charge in [0.15, 0.2) is 0 Å². The maximum Gasteiger partial charge on any atom is 0.257 e. The number of nitrogens with zero attached hydrogens (tertiary/aromatic N) is 1. The maximum atomic E-state index is 12.0. The summed E-state index contributed by atoms with van der Waals surface area (Å²) >= 11 is 0. The Kier molecular flexibility index (Phi) is 3.45. The van der Waals surface area contributed by atoms with Gasteiger partial charge in [-0.3, -0.25) is 9.79 Å². The van der Waals surface area contributed by atoms with E-state index in [0.29, 0.717) is 11.6 Å². The first kappa shape index (κ1) is 12.2. The van der Waals surface area contributed by atoms with Gasteiger partial charge in [0.25, 0.3) is 5.56 Å². The number of aromatic amines is 1. The molecular formula is C16H18N2O.